The van der Waals surface area contributed by atoms with Crippen molar-refractivity contribution >= 4 is 50.7 Å². The maximum absolute atomic E-state index is 14.3. The first-order chi connectivity index (χ1) is 21.8. The highest BCUT2D eigenvalue weighted by molar-refractivity contribution is 9.10. The molecule has 8 heteroatoms. The molecular formula is C38H38BrClN2O4. The Morgan fingerprint density at radius 2 is 1.46 bits per heavy atom. The van der Waals surface area contributed by atoms with Crippen LogP contribution in [0.2, 0.25) is 5.02 Å². The van der Waals surface area contributed by atoms with Crippen LogP contribution in [0.5, 0.6) is 5.75 Å². The van der Waals surface area contributed by atoms with Gasteiger partial charge < -0.3 is 15.0 Å². The number of carbonyl (C=O) groups is 3. The fraction of sp³-hybridized carbons (Fsp3) is 0.342. The van der Waals surface area contributed by atoms with Crippen LogP contribution >= 0.6 is 27.5 Å². The number of anilines is 1. The monoisotopic (exact) mass is 700 g/mol. The summed E-state index contributed by atoms with van der Waals surface area (Å²) in [7, 11) is 0. The standard InChI is InChI=1S/C38H38BrClN2O4/c1-37(2)17-28-35(30(43)19-37)34(36-29(18-38(3,4)20-31(36)44)42(28)21-23-10-6-5-7-11-23)25-16-24(39)14-15-32(25)46-22-33(45)41-27-13-9-8-12-26(27)40/h5-16,34H,17-22H2,1-4H3,(H,41,45). The normalized spacial score (nSPS) is 19.1. The third-order valence-electron chi connectivity index (χ3n) is 8.99. The Kier molecular flexibility index (Phi) is 8.77. The number of nitrogens with zero attached hydrogens (tertiary/aromatic N) is 1. The minimum Gasteiger partial charge on any atom is -0.483 e. The number of hydrogen-bond acceptors (Lipinski definition) is 5. The van der Waals surface area contributed by atoms with Crippen LogP contribution in [0.15, 0.2) is 99.8 Å². The molecule has 6 rings (SSSR count). The van der Waals surface area contributed by atoms with E-state index in [2.05, 4.69) is 66.0 Å². The van der Waals surface area contributed by atoms with Crippen LogP contribution in [0.3, 0.4) is 0 Å². The Hall–Kier alpha value is -3.68. The molecular weight excluding hydrogens is 664 g/mol. The minimum absolute atomic E-state index is 0.0425. The third-order valence-corrected chi connectivity index (χ3v) is 9.82. The molecule has 0 atom stereocenters. The molecule has 3 aromatic rings. The van der Waals surface area contributed by atoms with E-state index in [4.69, 9.17) is 16.3 Å². The molecule has 2 aliphatic carbocycles. The van der Waals surface area contributed by atoms with Gasteiger partial charge in [0.2, 0.25) is 0 Å². The number of allylic oxidation sites excluding steroid dienone is 4. The lowest BCUT2D eigenvalue weighted by Crippen LogP contribution is -2.44. The fourth-order valence-electron chi connectivity index (χ4n) is 7.08. The second kappa shape index (κ2) is 12.5. The van der Waals surface area contributed by atoms with E-state index in [9.17, 15) is 14.4 Å². The first-order valence-electron chi connectivity index (χ1n) is 15.6. The first-order valence-corrected chi connectivity index (χ1v) is 16.8. The van der Waals surface area contributed by atoms with E-state index >= 15 is 0 Å². The highest BCUT2D eigenvalue weighted by Crippen LogP contribution is 2.56. The molecule has 0 unspecified atom stereocenters. The summed E-state index contributed by atoms with van der Waals surface area (Å²) >= 11 is 9.88. The number of benzene rings is 3. The Labute approximate surface area is 284 Å². The van der Waals surface area contributed by atoms with Crippen molar-refractivity contribution in [3.8, 4) is 5.75 Å². The summed E-state index contributed by atoms with van der Waals surface area (Å²) < 4.78 is 6.99. The Morgan fingerprint density at radius 1 is 0.870 bits per heavy atom. The lowest BCUT2D eigenvalue weighted by atomic mass is 9.63. The Balaban J connectivity index is 1.47. The Morgan fingerprint density at radius 3 is 2.07 bits per heavy atom. The molecule has 0 fully saturated rings. The number of Topliss-reactive ketones (excluding diaryl/α,β-unsaturated/α-hetero) is 2. The van der Waals surface area contributed by atoms with E-state index in [1.165, 1.54) is 0 Å². The van der Waals surface area contributed by atoms with Gasteiger partial charge in [-0.3, -0.25) is 14.4 Å². The molecule has 1 heterocycles. The topological polar surface area (TPSA) is 75.7 Å². The van der Waals surface area contributed by atoms with Gasteiger partial charge in [-0.1, -0.05) is 97.7 Å². The lowest BCUT2D eigenvalue weighted by Gasteiger charge is -2.49. The zero-order chi connectivity index (χ0) is 32.8. The molecule has 0 aromatic heterocycles. The summed E-state index contributed by atoms with van der Waals surface area (Å²) in [4.78, 5) is 43.8. The number of halogens is 2. The van der Waals surface area contributed by atoms with Crippen LogP contribution in [0.25, 0.3) is 0 Å². The summed E-state index contributed by atoms with van der Waals surface area (Å²) in [6.07, 6.45) is 2.17. The molecule has 1 N–H and O–H groups in total. The maximum Gasteiger partial charge on any atom is 0.262 e. The average Bonchev–Trinajstić information content (AvgIpc) is 2.98. The number of amides is 1. The van der Waals surface area contributed by atoms with Crippen molar-refractivity contribution in [2.45, 2.75) is 65.8 Å². The van der Waals surface area contributed by atoms with Gasteiger partial charge in [-0.15, -0.1) is 0 Å². The number of ether oxygens (including phenoxy) is 1. The van der Waals surface area contributed by atoms with Gasteiger partial charge in [0.1, 0.15) is 5.75 Å². The quantitative estimate of drug-likeness (QED) is 0.266. The van der Waals surface area contributed by atoms with Crippen molar-refractivity contribution in [3.05, 3.63) is 116 Å². The lowest BCUT2D eigenvalue weighted by molar-refractivity contribution is -0.120. The minimum atomic E-state index is -0.608. The molecule has 46 heavy (non-hydrogen) atoms. The molecule has 0 radical (unpaired) electrons. The van der Waals surface area contributed by atoms with Crippen LogP contribution in [0, 0.1) is 10.8 Å². The van der Waals surface area contributed by atoms with Crippen LogP contribution in [0.4, 0.5) is 5.69 Å². The predicted octanol–water partition coefficient (Wildman–Crippen LogP) is 9.01. The third kappa shape index (κ3) is 6.58. The predicted molar refractivity (Wildman–Crippen MR) is 185 cm³/mol. The average molecular weight is 702 g/mol. The number of carbonyl (C=O) groups excluding carboxylic acids is 3. The van der Waals surface area contributed by atoms with E-state index in [1.807, 2.05) is 30.3 Å². The van der Waals surface area contributed by atoms with Gasteiger partial charge >= 0.3 is 0 Å². The molecule has 238 valence electrons. The summed E-state index contributed by atoms with van der Waals surface area (Å²) in [6, 6.07) is 22.8. The van der Waals surface area contributed by atoms with Crippen LogP contribution in [0.1, 0.15) is 70.4 Å². The van der Waals surface area contributed by atoms with Crippen molar-refractivity contribution in [3.63, 3.8) is 0 Å². The van der Waals surface area contributed by atoms with E-state index in [0.717, 1.165) is 21.4 Å². The highest BCUT2D eigenvalue weighted by Gasteiger charge is 2.49. The molecule has 6 nitrogen and oxygen atoms in total. The SMILES string of the molecule is CC1(C)CC(=O)C2=C(C1)N(Cc1ccccc1)C1=C(C(=O)CC(C)(C)C1)C2c1cc(Br)ccc1OCC(=O)Nc1ccccc1Cl. The second-order valence-electron chi connectivity index (χ2n) is 14.1. The number of para-hydroxylation sites is 1. The van der Waals surface area contributed by atoms with Crippen LogP contribution in [-0.4, -0.2) is 29.0 Å². The van der Waals surface area contributed by atoms with Gasteiger partial charge in [0, 0.05) is 57.9 Å². The fourth-order valence-corrected chi connectivity index (χ4v) is 7.65. The number of nitrogens with one attached hydrogen (secondary N) is 1. The molecule has 1 amide bonds. The Bertz CT molecular complexity index is 1740. The van der Waals surface area contributed by atoms with Gasteiger partial charge in [0.25, 0.3) is 5.91 Å². The smallest absolute Gasteiger partial charge is 0.262 e. The summed E-state index contributed by atoms with van der Waals surface area (Å²) in [5, 5.41) is 3.23. The van der Waals surface area contributed by atoms with Gasteiger partial charge in [-0.05, 0) is 59.6 Å². The van der Waals surface area contributed by atoms with Crippen molar-refractivity contribution in [1.82, 2.24) is 4.90 Å². The largest absolute Gasteiger partial charge is 0.483 e. The van der Waals surface area contributed by atoms with Gasteiger partial charge in [-0.25, -0.2) is 0 Å². The van der Waals surface area contributed by atoms with Crippen molar-refractivity contribution in [2.24, 2.45) is 10.8 Å². The van der Waals surface area contributed by atoms with E-state index < -0.39 is 5.92 Å². The molecule has 3 aromatic carbocycles. The van der Waals surface area contributed by atoms with E-state index in [-0.39, 0.29) is 34.9 Å². The number of rotatable bonds is 7. The van der Waals surface area contributed by atoms with Crippen molar-refractivity contribution in [1.29, 1.82) is 0 Å². The molecule has 1 aliphatic heterocycles. The zero-order valence-electron chi connectivity index (χ0n) is 26.6. The molecule has 0 saturated carbocycles. The summed E-state index contributed by atoms with van der Waals surface area (Å²) in [6.45, 7) is 8.84. The molecule has 0 bridgehead atoms. The second-order valence-corrected chi connectivity index (χ2v) is 15.4. The summed E-state index contributed by atoms with van der Waals surface area (Å²) in [5.74, 6) is -0.441. The number of hydrogen-bond donors (Lipinski definition) is 1. The van der Waals surface area contributed by atoms with Crippen molar-refractivity contribution in [2.75, 3.05) is 11.9 Å². The highest BCUT2D eigenvalue weighted by atomic mass is 79.9. The van der Waals surface area contributed by atoms with E-state index in [1.54, 1.807) is 30.3 Å². The summed E-state index contributed by atoms with van der Waals surface area (Å²) in [5.41, 5.74) is 5.08. The zero-order valence-corrected chi connectivity index (χ0v) is 28.9. The molecule has 0 spiro atoms. The van der Waals surface area contributed by atoms with E-state index in [0.29, 0.717) is 65.4 Å². The maximum atomic E-state index is 14.3. The van der Waals surface area contributed by atoms with Gasteiger partial charge in [0.15, 0.2) is 18.2 Å². The first kappa shape index (κ1) is 32.3. The van der Waals surface area contributed by atoms with Crippen LogP contribution < -0.4 is 10.1 Å². The number of ketones is 2. The van der Waals surface area contributed by atoms with Crippen molar-refractivity contribution < 1.29 is 19.1 Å². The van der Waals surface area contributed by atoms with Crippen LogP contribution in [-0.2, 0) is 20.9 Å². The molecule has 0 saturated heterocycles. The van der Waals surface area contributed by atoms with Gasteiger partial charge in [-0.2, -0.15) is 0 Å². The van der Waals surface area contributed by atoms with Gasteiger partial charge in [0.05, 0.1) is 10.7 Å². The molecule has 3 aliphatic rings.